The molecule has 0 aliphatic carbocycles. The molecule has 0 aliphatic heterocycles. The van der Waals surface area contributed by atoms with Gasteiger partial charge in [-0.2, -0.15) is 0 Å². The van der Waals surface area contributed by atoms with Gasteiger partial charge in [-0.15, -0.1) is 0 Å². The number of hydrogen-bond acceptors (Lipinski definition) is 2. The molecule has 1 N–H and O–H groups in total. The summed E-state index contributed by atoms with van der Waals surface area (Å²) in [6, 6.07) is 0.481. The van der Waals surface area contributed by atoms with Crippen molar-refractivity contribution in [3.8, 4) is 0 Å². The molecule has 0 radical (unpaired) electrons. The summed E-state index contributed by atoms with van der Waals surface area (Å²) in [6.07, 6.45) is 0. The first kappa shape index (κ1) is 10.9. The molecule has 7 heteroatoms. The molecule has 0 amide bonds. The Hall–Kier alpha value is -2.14. The molecule has 0 saturated carbocycles. The molecule has 0 heterocycles. The summed E-state index contributed by atoms with van der Waals surface area (Å²) in [7, 11) is 0. The molecular formula is C8H5F2N3O2. The van der Waals surface area contributed by atoms with Gasteiger partial charge >= 0.3 is 5.97 Å². The van der Waals surface area contributed by atoms with E-state index in [9.17, 15) is 13.6 Å². The van der Waals surface area contributed by atoms with E-state index >= 15 is 0 Å². The van der Waals surface area contributed by atoms with Crippen molar-refractivity contribution in [3.63, 3.8) is 0 Å². The smallest absolute Gasteiger partial charge is 0.338 e. The molecule has 0 saturated heterocycles. The molecule has 0 spiro atoms. The summed E-state index contributed by atoms with van der Waals surface area (Å²) in [4.78, 5) is 12.8. The molecule has 15 heavy (non-hydrogen) atoms. The number of carboxylic acids is 1. The zero-order chi connectivity index (χ0) is 11.6. The normalized spacial score (nSPS) is 9.53. The Kier molecular flexibility index (Phi) is 2.87. The van der Waals surface area contributed by atoms with Crippen molar-refractivity contribution in [2.24, 2.45) is 5.11 Å². The van der Waals surface area contributed by atoms with E-state index in [1.54, 1.807) is 0 Å². The summed E-state index contributed by atoms with van der Waals surface area (Å²) >= 11 is 0. The molecular weight excluding hydrogens is 208 g/mol. The Morgan fingerprint density at radius 3 is 2.67 bits per heavy atom. The van der Waals surface area contributed by atoms with Crippen molar-refractivity contribution in [1.82, 2.24) is 0 Å². The number of benzene rings is 1. The van der Waals surface area contributed by atoms with Crippen LogP contribution in [0.1, 0.15) is 15.9 Å². The third-order valence-corrected chi connectivity index (χ3v) is 1.79. The number of carboxylic acid groups (broad SMARTS) is 1. The summed E-state index contributed by atoms with van der Waals surface area (Å²) in [5.74, 6) is -3.75. The van der Waals surface area contributed by atoms with Crippen LogP contribution in [-0.4, -0.2) is 11.1 Å². The highest BCUT2D eigenvalue weighted by Gasteiger charge is 2.18. The molecule has 5 nitrogen and oxygen atoms in total. The number of aromatic carboxylic acids is 1. The minimum absolute atomic E-state index is 0.329. The highest BCUT2D eigenvalue weighted by molar-refractivity contribution is 5.89. The van der Waals surface area contributed by atoms with Crippen LogP contribution >= 0.6 is 0 Å². The van der Waals surface area contributed by atoms with Crippen molar-refractivity contribution in [2.45, 2.75) is 6.92 Å². The molecule has 0 aromatic heterocycles. The van der Waals surface area contributed by atoms with Crippen LogP contribution in [0.2, 0.25) is 0 Å². The van der Waals surface area contributed by atoms with Gasteiger partial charge in [0.25, 0.3) is 0 Å². The van der Waals surface area contributed by atoms with Gasteiger partial charge in [0.2, 0.25) is 0 Å². The molecule has 0 bridgehead atoms. The number of rotatable bonds is 2. The monoisotopic (exact) mass is 213 g/mol. The quantitative estimate of drug-likeness (QED) is 0.465. The molecule has 0 fully saturated rings. The zero-order valence-electron chi connectivity index (χ0n) is 7.53. The van der Waals surface area contributed by atoms with Gasteiger partial charge in [0.05, 0.1) is 11.3 Å². The minimum atomic E-state index is -1.58. The lowest BCUT2D eigenvalue weighted by Gasteiger charge is -2.05. The predicted octanol–water partition coefficient (Wildman–Crippen LogP) is 2.91. The Labute approximate surface area is 82.6 Å². The molecule has 78 valence electrons. The Morgan fingerprint density at radius 1 is 1.60 bits per heavy atom. The van der Waals surface area contributed by atoms with Crippen LogP contribution in [0.3, 0.4) is 0 Å². The largest absolute Gasteiger partial charge is 0.478 e. The summed E-state index contributed by atoms with van der Waals surface area (Å²) in [5, 5.41) is 11.5. The van der Waals surface area contributed by atoms with Crippen LogP contribution in [0.5, 0.6) is 0 Å². The van der Waals surface area contributed by atoms with E-state index in [2.05, 4.69) is 10.0 Å². The fourth-order valence-corrected chi connectivity index (χ4v) is 1.07. The Balaban J connectivity index is 3.57. The van der Waals surface area contributed by atoms with Gasteiger partial charge in [0.1, 0.15) is 11.6 Å². The number of nitrogens with zero attached hydrogens (tertiary/aromatic N) is 3. The number of carbonyl (C=O) groups is 1. The summed E-state index contributed by atoms with van der Waals surface area (Å²) < 4.78 is 26.4. The van der Waals surface area contributed by atoms with Gasteiger partial charge in [0.15, 0.2) is 0 Å². The van der Waals surface area contributed by atoms with Crippen LogP contribution in [0, 0.1) is 18.6 Å². The lowest BCUT2D eigenvalue weighted by atomic mass is 10.1. The van der Waals surface area contributed by atoms with Crippen LogP contribution in [0.25, 0.3) is 10.4 Å². The Morgan fingerprint density at radius 2 is 2.20 bits per heavy atom. The van der Waals surface area contributed by atoms with E-state index in [1.165, 1.54) is 0 Å². The van der Waals surface area contributed by atoms with Crippen LogP contribution in [-0.2, 0) is 0 Å². The van der Waals surface area contributed by atoms with E-state index in [0.717, 1.165) is 6.92 Å². The minimum Gasteiger partial charge on any atom is -0.478 e. The van der Waals surface area contributed by atoms with Crippen LogP contribution in [0.15, 0.2) is 11.2 Å². The van der Waals surface area contributed by atoms with Crippen molar-refractivity contribution in [2.75, 3.05) is 0 Å². The molecule has 0 unspecified atom stereocenters. The SMILES string of the molecule is Cc1c(F)c(C(=O)O)cc(F)c1N=[N+]=[N-]. The number of hydrogen-bond donors (Lipinski definition) is 1. The molecule has 0 aliphatic rings. The van der Waals surface area contributed by atoms with E-state index < -0.39 is 28.9 Å². The van der Waals surface area contributed by atoms with Crippen molar-refractivity contribution < 1.29 is 18.7 Å². The number of halogens is 2. The zero-order valence-corrected chi connectivity index (χ0v) is 7.53. The van der Waals surface area contributed by atoms with Gasteiger partial charge < -0.3 is 5.11 Å². The molecule has 0 atom stereocenters. The van der Waals surface area contributed by atoms with E-state index in [0.29, 0.717) is 6.07 Å². The van der Waals surface area contributed by atoms with Gasteiger partial charge in [-0.1, -0.05) is 5.11 Å². The van der Waals surface area contributed by atoms with E-state index in [4.69, 9.17) is 10.6 Å². The first-order valence-electron chi connectivity index (χ1n) is 3.76. The maximum Gasteiger partial charge on any atom is 0.338 e. The average Bonchev–Trinajstić information content (AvgIpc) is 2.18. The van der Waals surface area contributed by atoms with Gasteiger partial charge in [0, 0.05) is 4.91 Å². The van der Waals surface area contributed by atoms with Crippen molar-refractivity contribution >= 4 is 11.7 Å². The fourth-order valence-electron chi connectivity index (χ4n) is 1.07. The Bertz CT molecular complexity index is 481. The van der Waals surface area contributed by atoms with Gasteiger partial charge in [-0.3, -0.25) is 0 Å². The van der Waals surface area contributed by atoms with Crippen molar-refractivity contribution in [3.05, 3.63) is 39.3 Å². The summed E-state index contributed by atoms with van der Waals surface area (Å²) in [6.45, 7) is 1.13. The van der Waals surface area contributed by atoms with Crippen molar-refractivity contribution in [1.29, 1.82) is 0 Å². The summed E-state index contributed by atoms with van der Waals surface area (Å²) in [5.41, 5.74) is 6.44. The highest BCUT2D eigenvalue weighted by Crippen LogP contribution is 2.27. The maximum atomic E-state index is 13.3. The second kappa shape index (κ2) is 3.93. The van der Waals surface area contributed by atoms with Gasteiger partial charge in [-0.25, -0.2) is 13.6 Å². The topological polar surface area (TPSA) is 86.1 Å². The van der Waals surface area contributed by atoms with E-state index in [1.807, 2.05) is 0 Å². The van der Waals surface area contributed by atoms with Crippen LogP contribution in [0.4, 0.5) is 14.5 Å². The average molecular weight is 213 g/mol. The third-order valence-electron chi connectivity index (χ3n) is 1.79. The maximum absolute atomic E-state index is 13.3. The number of azide groups is 1. The lowest BCUT2D eigenvalue weighted by Crippen LogP contribution is -2.03. The first-order valence-corrected chi connectivity index (χ1v) is 3.76. The predicted molar refractivity (Wildman–Crippen MR) is 46.9 cm³/mol. The molecule has 1 aromatic rings. The second-order valence-electron chi connectivity index (χ2n) is 2.69. The molecule has 1 aromatic carbocycles. The standard InChI is InChI=1S/C8H5F2N3O2/c1-3-6(10)4(8(14)15)2-5(9)7(3)12-13-11/h2H,1H3,(H,14,15). The third kappa shape index (κ3) is 1.87. The van der Waals surface area contributed by atoms with Gasteiger partial charge in [-0.05, 0) is 24.1 Å². The first-order chi connectivity index (χ1) is 6.99. The van der Waals surface area contributed by atoms with E-state index in [-0.39, 0.29) is 5.56 Å². The lowest BCUT2D eigenvalue weighted by molar-refractivity contribution is 0.0691. The fraction of sp³-hybridized carbons (Fsp3) is 0.125. The second-order valence-corrected chi connectivity index (χ2v) is 2.69. The van der Waals surface area contributed by atoms with Crippen LogP contribution < -0.4 is 0 Å². The highest BCUT2D eigenvalue weighted by atomic mass is 19.1. The molecule has 1 rings (SSSR count).